The fraction of sp³-hybridized carbons (Fsp3) is 0.105. The molecule has 0 aliphatic carbocycles. The topological polar surface area (TPSA) is 126 Å². The van der Waals surface area contributed by atoms with Gasteiger partial charge in [-0.2, -0.15) is 9.94 Å². The predicted octanol–water partition coefficient (Wildman–Crippen LogP) is 3.13. The van der Waals surface area contributed by atoms with Crippen molar-refractivity contribution < 1.29 is 9.84 Å². The largest absolute Gasteiger partial charge is 0.510 e. The Bertz CT molecular complexity index is 1190. The van der Waals surface area contributed by atoms with Crippen LogP contribution in [0.15, 0.2) is 59.4 Å². The van der Waals surface area contributed by atoms with E-state index in [1.807, 2.05) is 42.5 Å². The third-order valence-corrected chi connectivity index (χ3v) is 5.05. The van der Waals surface area contributed by atoms with Crippen molar-refractivity contribution in [1.82, 2.24) is 30.2 Å². The average molecular weight is 405 g/mol. The summed E-state index contributed by atoms with van der Waals surface area (Å²) in [5, 5.41) is 32.2. The number of hydrogen-bond donors (Lipinski definition) is 2. The van der Waals surface area contributed by atoms with Gasteiger partial charge in [0.2, 0.25) is 5.16 Å². The van der Waals surface area contributed by atoms with Crippen LogP contribution in [-0.2, 0) is 0 Å². The predicted molar refractivity (Wildman–Crippen MR) is 108 cm³/mol. The van der Waals surface area contributed by atoms with Gasteiger partial charge in [-0.05, 0) is 46.8 Å². The number of aromatic amines is 1. The molecule has 0 atom stereocenters. The molecular weight excluding hydrogens is 390 g/mol. The first kappa shape index (κ1) is 18.5. The Morgan fingerprint density at radius 2 is 2.03 bits per heavy atom. The maximum Gasteiger partial charge on any atom is 0.214 e. The van der Waals surface area contributed by atoms with Gasteiger partial charge in [-0.15, -0.1) is 5.10 Å². The molecule has 0 aliphatic rings. The molecule has 0 radical (unpaired) electrons. The molecule has 2 aromatic heterocycles. The number of aromatic nitrogens is 6. The SMILES string of the molecule is COc1ccc(-n2nnnc2SCC(O)=C(C#N)c2nc3ccccc3[nH]2)cc1. The maximum absolute atomic E-state index is 10.5. The highest BCUT2D eigenvalue weighted by molar-refractivity contribution is 7.99. The number of ether oxygens (including phenoxy) is 1. The van der Waals surface area contributed by atoms with E-state index in [4.69, 9.17) is 4.74 Å². The monoisotopic (exact) mass is 405 g/mol. The van der Waals surface area contributed by atoms with Crippen LogP contribution in [0.4, 0.5) is 0 Å². The Morgan fingerprint density at radius 1 is 1.24 bits per heavy atom. The number of nitrogens with zero attached hydrogens (tertiary/aromatic N) is 6. The molecule has 0 fully saturated rings. The summed E-state index contributed by atoms with van der Waals surface area (Å²) in [6.45, 7) is 0. The number of para-hydroxylation sites is 2. The number of allylic oxidation sites excluding steroid dienone is 1. The number of rotatable bonds is 6. The maximum atomic E-state index is 10.5. The van der Waals surface area contributed by atoms with Crippen LogP contribution in [-0.4, -0.2) is 48.1 Å². The number of imidazole rings is 1. The van der Waals surface area contributed by atoms with E-state index in [2.05, 4.69) is 25.5 Å². The van der Waals surface area contributed by atoms with E-state index in [9.17, 15) is 10.4 Å². The molecule has 0 spiro atoms. The Balaban J connectivity index is 1.56. The third-order valence-electron chi connectivity index (χ3n) is 4.12. The second kappa shape index (κ2) is 8.04. The van der Waals surface area contributed by atoms with Crippen molar-refractivity contribution in [1.29, 1.82) is 5.26 Å². The van der Waals surface area contributed by atoms with Crippen LogP contribution in [0.1, 0.15) is 5.82 Å². The zero-order valence-electron chi connectivity index (χ0n) is 15.3. The van der Waals surface area contributed by atoms with Crippen LogP contribution in [0.5, 0.6) is 5.75 Å². The highest BCUT2D eigenvalue weighted by Gasteiger charge is 2.16. The zero-order valence-corrected chi connectivity index (χ0v) is 16.1. The number of methoxy groups -OCH3 is 1. The van der Waals surface area contributed by atoms with Crippen LogP contribution < -0.4 is 4.74 Å². The first-order chi connectivity index (χ1) is 14.2. The van der Waals surface area contributed by atoms with Crippen molar-refractivity contribution in [3.05, 3.63) is 60.1 Å². The molecule has 0 unspecified atom stereocenters. The molecule has 144 valence electrons. The number of tetrazole rings is 1. The lowest BCUT2D eigenvalue weighted by molar-refractivity contribution is 0.414. The molecule has 0 saturated carbocycles. The summed E-state index contributed by atoms with van der Waals surface area (Å²) in [5.41, 5.74) is 2.34. The second-order valence-electron chi connectivity index (χ2n) is 5.90. The first-order valence-corrected chi connectivity index (χ1v) is 9.51. The lowest BCUT2D eigenvalue weighted by Gasteiger charge is -2.06. The van der Waals surface area contributed by atoms with E-state index in [1.165, 1.54) is 11.8 Å². The van der Waals surface area contributed by atoms with Gasteiger partial charge in [-0.1, -0.05) is 23.9 Å². The Hall–Kier alpha value is -3.84. The van der Waals surface area contributed by atoms with Crippen molar-refractivity contribution in [3.63, 3.8) is 0 Å². The van der Waals surface area contributed by atoms with E-state index < -0.39 is 0 Å². The summed E-state index contributed by atoms with van der Waals surface area (Å²) in [6, 6.07) is 16.7. The summed E-state index contributed by atoms with van der Waals surface area (Å²) < 4.78 is 6.70. The number of thioether (sulfide) groups is 1. The Morgan fingerprint density at radius 3 is 2.76 bits per heavy atom. The van der Waals surface area contributed by atoms with Crippen molar-refractivity contribution >= 4 is 28.4 Å². The van der Waals surface area contributed by atoms with Crippen molar-refractivity contribution in [2.75, 3.05) is 12.9 Å². The minimum atomic E-state index is -0.110. The first-order valence-electron chi connectivity index (χ1n) is 8.52. The van der Waals surface area contributed by atoms with E-state index >= 15 is 0 Å². The molecule has 10 heteroatoms. The highest BCUT2D eigenvalue weighted by Crippen LogP contribution is 2.25. The molecule has 2 heterocycles. The Labute approximate surface area is 169 Å². The van der Waals surface area contributed by atoms with E-state index in [0.717, 1.165) is 22.5 Å². The summed E-state index contributed by atoms with van der Waals surface area (Å²) in [5.74, 6) is 1.04. The van der Waals surface area contributed by atoms with Gasteiger partial charge < -0.3 is 14.8 Å². The fourth-order valence-corrected chi connectivity index (χ4v) is 3.45. The molecule has 0 saturated heterocycles. The third kappa shape index (κ3) is 3.76. The minimum absolute atomic E-state index is 0.0807. The summed E-state index contributed by atoms with van der Waals surface area (Å²) in [4.78, 5) is 7.42. The smallest absolute Gasteiger partial charge is 0.214 e. The van der Waals surface area contributed by atoms with E-state index in [0.29, 0.717) is 11.0 Å². The number of nitriles is 1. The van der Waals surface area contributed by atoms with Gasteiger partial charge in [-0.25, -0.2) is 4.98 Å². The van der Waals surface area contributed by atoms with Gasteiger partial charge in [0.1, 0.15) is 23.2 Å². The molecule has 0 bridgehead atoms. The van der Waals surface area contributed by atoms with Crippen LogP contribution >= 0.6 is 11.8 Å². The molecule has 0 aliphatic heterocycles. The van der Waals surface area contributed by atoms with Crippen molar-refractivity contribution in [2.24, 2.45) is 0 Å². The number of aliphatic hydroxyl groups excluding tert-OH is 1. The molecule has 29 heavy (non-hydrogen) atoms. The zero-order chi connectivity index (χ0) is 20.2. The van der Waals surface area contributed by atoms with Gasteiger partial charge in [0, 0.05) is 0 Å². The van der Waals surface area contributed by atoms with Crippen molar-refractivity contribution in [2.45, 2.75) is 5.16 Å². The molecular formula is C19H15N7O2S. The van der Waals surface area contributed by atoms with E-state index in [1.54, 1.807) is 23.9 Å². The van der Waals surface area contributed by atoms with Crippen molar-refractivity contribution in [3.8, 4) is 17.5 Å². The average Bonchev–Trinajstić information content (AvgIpc) is 3.39. The lowest BCUT2D eigenvalue weighted by Crippen LogP contribution is -2.01. The molecule has 2 N–H and O–H groups in total. The van der Waals surface area contributed by atoms with Crippen LogP contribution in [0.2, 0.25) is 0 Å². The molecule has 4 rings (SSSR count). The van der Waals surface area contributed by atoms with Crippen LogP contribution in [0.25, 0.3) is 22.3 Å². The van der Waals surface area contributed by atoms with Gasteiger partial charge in [0.25, 0.3) is 0 Å². The number of nitrogens with one attached hydrogen (secondary N) is 1. The lowest BCUT2D eigenvalue weighted by atomic mass is 10.2. The summed E-state index contributed by atoms with van der Waals surface area (Å²) in [6.07, 6.45) is 0. The summed E-state index contributed by atoms with van der Waals surface area (Å²) in [7, 11) is 1.59. The summed E-state index contributed by atoms with van der Waals surface area (Å²) >= 11 is 1.21. The van der Waals surface area contributed by atoms with Gasteiger partial charge >= 0.3 is 0 Å². The number of fused-ring (bicyclic) bond motifs is 1. The van der Waals surface area contributed by atoms with Crippen LogP contribution in [0, 0.1) is 11.3 Å². The Kier molecular flexibility index (Phi) is 5.13. The van der Waals surface area contributed by atoms with Crippen LogP contribution in [0.3, 0.4) is 0 Å². The molecule has 2 aromatic carbocycles. The number of aliphatic hydroxyl groups is 1. The van der Waals surface area contributed by atoms with Gasteiger partial charge in [0.05, 0.1) is 29.6 Å². The molecule has 9 nitrogen and oxygen atoms in total. The van der Waals surface area contributed by atoms with Gasteiger partial charge in [0.15, 0.2) is 5.82 Å². The normalized spacial score (nSPS) is 11.9. The fourth-order valence-electron chi connectivity index (χ4n) is 2.68. The highest BCUT2D eigenvalue weighted by atomic mass is 32.2. The number of H-pyrrole nitrogens is 1. The minimum Gasteiger partial charge on any atom is -0.510 e. The molecule has 0 amide bonds. The van der Waals surface area contributed by atoms with Gasteiger partial charge in [-0.3, -0.25) is 0 Å². The quantitative estimate of drug-likeness (QED) is 0.285. The number of benzene rings is 2. The van der Waals surface area contributed by atoms with E-state index in [-0.39, 0.29) is 17.1 Å². The standard InChI is InChI=1S/C19H15N7O2S/c1-28-13-8-6-12(7-9-13)26-19(23-24-25-26)29-11-17(27)14(10-20)18-21-15-4-2-3-5-16(15)22-18/h2-9,27H,11H2,1H3,(H,21,22). The molecule has 4 aromatic rings. The second-order valence-corrected chi connectivity index (χ2v) is 6.84. The number of hydrogen-bond acceptors (Lipinski definition) is 8.